The first kappa shape index (κ1) is 41.1. The molecule has 0 aliphatic carbocycles. The van der Waals surface area contributed by atoms with Crippen LogP contribution >= 0.6 is 0 Å². The summed E-state index contributed by atoms with van der Waals surface area (Å²) in [7, 11) is 1.64. The van der Waals surface area contributed by atoms with Crippen LogP contribution in [0, 0.1) is 0 Å². The quantitative estimate of drug-likeness (QED) is 0.0857. The molecule has 262 valence electrons. The first-order valence-corrected chi connectivity index (χ1v) is 16.0. The lowest BCUT2D eigenvalue weighted by Gasteiger charge is -2.09. The third kappa shape index (κ3) is 28.1. The molecule has 0 heterocycles. The first-order chi connectivity index (χ1) is 22.3. The Morgan fingerprint density at radius 3 is 1.18 bits per heavy atom. The smallest absolute Gasteiger partial charge is 0.338 e. The van der Waals surface area contributed by atoms with Crippen LogP contribution < -0.4 is 5.32 Å². The van der Waals surface area contributed by atoms with E-state index in [9.17, 15) is 4.79 Å². The van der Waals surface area contributed by atoms with Gasteiger partial charge in [-0.25, -0.2) is 4.79 Å². The van der Waals surface area contributed by atoms with Gasteiger partial charge in [-0.1, -0.05) is 13.3 Å². The van der Waals surface area contributed by atoms with Gasteiger partial charge in [0.2, 0.25) is 0 Å². The van der Waals surface area contributed by atoms with Crippen molar-refractivity contribution in [3.63, 3.8) is 0 Å². The summed E-state index contributed by atoms with van der Waals surface area (Å²) in [4.78, 5) is 12.1. The van der Waals surface area contributed by atoms with E-state index in [4.69, 9.17) is 52.1 Å². The lowest BCUT2D eigenvalue weighted by atomic mass is 10.2. The Balaban J connectivity index is 1.72. The highest BCUT2D eigenvalue weighted by Crippen LogP contribution is 2.10. The highest BCUT2D eigenvalue weighted by molar-refractivity contribution is 5.89. The summed E-state index contributed by atoms with van der Waals surface area (Å²) in [5.41, 5.74) is 1.52. The van der Waals surface area contributed by atoms with Crippen LogP contribution in [0.15, 0.2) is 24.3 Å². The Morgan fingerprint density at radius 2 is 0.844 bits per heavy atom. The Labute approximate surface area is 269 Å². The zero-order chi connectivity index (χ0) is 32.3. The molecule has 0 unspecified atom stereocenters. The summed E-state index contributed by atoms with van der Waals surface area (Å²) in [5.74, 6) is -0.360. The standard InChI is InChI=1S/C32H57NO12/c1-3-4-9-33-31-7-5-30(6-8-31)32(34)45-29-28-44-27-26-43-25-24-42-23-22-41-21-20-40-19-18-39-17-16-38-15-14-37-13-12-36-11-10-35-2/h5-8,33H,3-4,9-29H2,1-2H3. The van der Waals surface area contributed by atoms with Gasteiger partial charge in [-0.15, -0.1) is 0 Å². The van der Waals surface area contributed by atoms with Crippen LogP contribution in [-0.2, 0) is 52.1 Å². The van der Waals surface area contributed by atoms with Gasteiger partial charge in [-0.05, 0) is 30.7 Å². The maximum atomic E-state index is 12.1. The van der Waals surface area contributed by atoms with Crippen molar-refractivity contribution in [1.29, 1.82) is 0 Å². The maximum Gasteiger partial charge on any atom is 0.338 e. The monoisotopic (exact) mass is 647 g/mol. The molecule has 0 saturated carbocycles. The number of anilines is 1. The average Bonchev–Trinajstić information content (AvgIpc) is 3.06. The third-order valence-corrected chi connectivity index (χ3v) is 5.85. The van der Waals surface area contributed by atoms with Crippen LogP contribution in [0.4, 0.5) is 5.69 Å². The van der Waals surface area contributed by atoms with Gasteiger partial charge in [0, 0.05) is 19.3 Å². The van der Waals surface area contributed by atoms with E-state index >= 15 is 0 Å². The Kier molecular flexibility index (Phi) is 30.6. The number of hydrogen-bond acceptors (Lipinski definition) is 13. The van der Waals surface area contributed by atoms with Crippen molar-refractivity contribution >= 4 is 11.7 Å². The molecule has 0 atom stereocenters. The fraction of sp³-hybridized carbons (Fsp3) is 0.781. The van der Waals surface area contributed by atoms with Gasteiger partial charge in [-0.2, -0.15) is 0 Å². The number of nitrogens with one attached hydrogen (secondary N) is 1. The molecule has 13 nitrogen and oxygen atoms in total. The van der Waals surface area contributed by atoms with Crippen LogP contribution in [0.5, 0.6) is 0 Å². The zero-order valence-corrected chi connectivity index (χ0v) is 27.5. The molecule has 0 saturated heterocycles. The van der Waals surface area contributed by atoms with Crippen molar-refractivity contribution in [2.45, 2.75) is 19.8 Å². The topological polar surface area (TPSA) is 131 Å². The molecule has 1 aromatic carbocycles. The van der Waals surface area contributed by atoms with Gasteiger partial charge in [0.05, 0.1) is 131 Å². The molecule has 1 rings (SSSR count). The van der Waals surface area contributed by atoms with Gasteiger partial charge in [-0.3, -0.25) is 0 Å². The molecule has 0 amide bonds. The molecule has 0 spiro atoms. The van der Waals surface area contributed by atoms with Gasteiger partial charge < -0.3 is 57.4 Å². The molecule has 0 aliphatic heterocycles. The number of carbonyl (C=O) groups is 1. The number of ether oxygens (including phenoxy) is 11. The molecular weight excluding hydrogens is 590 g/mol. The molecule has 0 fully saturated rings. The second kappa shape index (κ2) is 33.5. The number of methoxy groups -OCH3 is 1. The number of rotatable bonds is 35. The summed E-state index contributed by atoms with van der Waals surface area (Å²) < 4.78 is 59.0. The van der Waals surface area contributed by atoms with Crippen LogP contribution in [-0.4, -0.2) is 152 Å². The van der Waals surface area contributed by atoms with Crippen molar-refractivity contribution in [2.24, 2.45) is 0 Å². The summed E-state index contributed by atoms with van der Waals surface area (Å²) in [5, 5.41) is 3.32. The van der Waals surface area contributed by atoms with E-state index in [1.807, 2.05) is 12.1 Å². The first-order valence-electron chi connectivity index (χ1n) is 16.0. The second-order valence-corrected chi connectivity index (χ2v) is 9.50. The zero-order valence-electron chi connectivity index (χ0n) is 27.5. The van der Waals surface area contributed by atoms with E-state index in [1.165, 1.54) is 0 Å². The molecule has 0 aliphatic rings. The average molecular weight is 648 g/mol. The predicted molar refractivity (Wildman–Crippen MR) is 169 cm³/mol. The summed E-state index contributed by atoms with van der Waals surface area (Å²) in [6.45, 7) is 12.7. The number of unbranched alkanes of at least 4 members (excludes halogenated alkanes) is 1. The van der Waals surface area contributed by atoms with Gasteiger partial charge in [0.1, 0.15) is 6.61 Å². The van der Waals surface area contributed by atoms with Crippen molar-refractivity contribution in [2.75, 3.05) is 151 Å². The van der Waals surface area contributed by atoms with Crippen LogP contribution in [0.2, 0.25) is 0 Å². The fourth-order valence-electron chi connectivity index (χ4n) is 3.41. The molecular formula is C32H57NO12. The van der Waals surface area contributed by atoms with E-state index < -0.39 is 0 Å². The molecule has 1 aromatic rings. The molecule has 0 bridgehead atoms. The Bertz CT molecular complexity index is 756. The fourth-order valence-corrected chi connectivity index (χ4v) is 3.41. The van der Waals surface area contributed by atoms with E-state index in [1.54, 1.807) is 19.2 Å². The van der Waals surface area contributed by atoms with E-state index in [0.29, 0.717) is 131 Å². The minimum Gasteiger partial charge on any atom is -0.460 e. The number of carbonyl (C=O) groups excluding carboxylic acids is 1. The third-order valence-electron chi connectivity index (χ3n) is 5.85. The number of hydrogen-bond donors (Lipinski definition) is 1. The Hall–Kier alpha value is -1.91. The van der Waals surface area contributed by atoms with E-state index in [-0.39, 0.29) is 12.6 Å². The van der Waals surface area contributed by atoms with Crippen molar-refractivity contribution in [3.05, 3.63) is 29.8 Å². The minimum absolute atomic E-state index is 0.192. The van der Waals surface area contributed by atoms with Gasteiger partial charge in [0.25, 0.3) is 0 Å². The van der Waals surface area contributed by atoms with Crippen LogP contribution in [0.3, 0.4) is 0 Å². The normalized spacial score (nSPS) is 11.2. The van der Waals surface area contributed by atoms with Crippen molar-refractivity contribution in [3.8, 4) is 0 Å². The molecule has 0 radical (unpaired) electrons. The summed E-state index contributed by atoms with van der Waals surface area (Å²) in [6, 6.07) is 7.29. The van der Waals surface area contributed by atoms with Crippen molar-refractivity contribution in [1.82, 2.24) is 0 Å². The molecule has 1 N–H and O–H groups in total. The molecule has 45 heavy (non-hydrogen) atoms. The van der Waals surface area contributed by atoms with Crippen LogP contribution in [0.25, 0.3) is 0 Å². The maximum absolute atomic E-state index is 12.1. The number of benzene rings is 1. The minimum atomic E-state index is -0.360. The lowest BCUT2D eigenvalue weighted by Crippen LogP contribution is -2.15. The Morgan fingerprint density at radius 1 is 0.511 bits per heavy atom. The summed E-state index contributed by atoms with van der Waals surface area (Å²) in [6.07, 6.45) is 2.25. The van der Waals surface area contributed by atoms with Crippen molar-refractivity contribution < 1.29 is 56.9 Å². The summed E-state index contributed by atoms with van der Waals surface area (Å²) >= 11 is 0. The lowest BCUT2D eigenvalue weighted by molar-refractivity contribution is -0.0266. The van der Waals surface area contributed by atoms with Crippen LogP contribution in [0.1, 0.15) is 30.1 Å². The largest absolute Gasteiger partial charge is 0.460 e. The second-order valence-electron chi connectivity index (χ2n) is 9.50. The molecule has 13 heteroatoms. The molecule has 0 aromatic heterocycles. The van der Waals surface area contributed by atoms with E-state index in [0.717, 1.165) is 25.1 Å². The van der Waals surface area contributed by atoms with Gasteiger partial charge >= 0.3 is 5.97 Å². The SMILES string of the molecule is CCCCNc1ccc(C(=O)OCCOCCOCCOCCOCCOCCOCCOCCOCCOCCOC)cc1. The predicted octanol–water partition coefficient (Wildman–Crippen LogP) is 2.85. The highest BCUT2D eigenvalue weighted by atomic mass is 16.6. The number of esters is 1. The highest BCUT2D eigenvalue weighted by Gasteiger charge is 2.06. The van der Waals surface area contributed by atoms with E-state index in [2.05, 4.69) is 12.2 Å². The van der Waals surface area contributed by atoms with Gasteiger partial charge in [0.15, 0.2) is 0 Å².